The van der Waals surface area contributed by atoms with E-state index >= 15 is 8.78 Å². The number of sulfone groups is 1. The van der Waals surface area contributed by atoms with Gasteiger partial charge in [0, 0.05) is 86.3 Å². The molecule has 0 unspecified atom stereocenters. The number of fused-ring (bicyclic) bond motifs is 1. The van der Waals surface area contributed by atoms with Gasteiger partial charge in [-0.25, -0.2) is 26.7 Å². The van der Waals surface area contributed by atoms with Gasteiger partial charge < -0.3 is 24.8 Å². The molecule has 0 aliphatic carbocycles. The van der Waals surface area contributed by atoms with Crippen LogP contribution < -0.4 is 15.4 Å². The van der Waals surface area contributed by atoms with Crippen molar-refractivity contribution in [2.45, 2.75) is 44.4 Å². The number of anilines is 1. The van der Waals surface area contributed by atoms with Gasteiger partial charge >= 0.3 is 0 Å². The molecule has 2 aliphatic heterocycles. The van der Waals surface area contributed by atoms with E-state index in [1.54, 1.807) is 35.2 Å². The van der Waals surface area contributed by atoms with Gasteiger partial charge in [0.25, 0.3) is 0 Å². The highest BCUT2D eigenvalue weighted by Crippen LogP contribution is 2.32. The topological polar surface area (TPSA) is 134 Å². The van der Waals surface area contributed by atoms with Gasteiger partial charge in [-0.2, -0.15) is 5.10 Å². The monoisotopic (exact) mass is 656 g/mol. The summed E-state index contributed by atoms with van der Waals surface area (Å²) in [5.41, 5.74) is 8.89. The molecular weight excluding hydrogens is 618 g/mol. The summed E-state index contributed by atoms with van der Waals surface area (Å²) in [5.74, 6) is -0.830. The number of hydrogen-bond donors (Lipinski definition) is 1. The fraction of sp³-hybridized carbons (Fsp3) is 0.469. The summed E-state index contributed by atoms with van der Waals surface area (Å²) in [7, 11) is -3.13. The lowest BCUT2D eigenvalue weighted by atomic mass is 9.91. The van der Waals surface area contributed by atoms with Crippen LogP contribution in [0.25, 0.3) is 16.8 Å². The average molecular weight is 657 g/mol. The van der Waals surface area contributed by atoms with Crippen molar-refractivity contribution in [3.63, 3.8) is 0 Å². The van der Waals surface area contributed by atoms with Crippen LogP contribution in [0.5, 0.6) is 5.75 Å². The summed E-state index contributed by atoms with van der Waals surface area (Å²) in [5, 5.41) is 4.59. The zero-order chi connectivity index (χ0) is 32.4. The maximum atomic E-state index is 15.3. The summed E-state index contributed by atoms with van der Waals surface area (Å²) in [6.07, 6.45) is 7.59. The van der Waals surface area contributed by atoms with Crippen molar-refractivity contribution in [1.29, 1.82) is 0 Å². The van der Waals surface area contributed by atoms with Crippen molar-refractivity contribution in [1.82, 2.24) is 19.6 Å². The van der Waals surface area contributed by atoms with Crippen molar-refractivity contribution in [2.24, 2.45) is 11.7 Å². The molecule has 4 aromatic rings. The molecule has 14 heteroatoms. The van der Waals surface area contributed by atoms with Gasteiger partial charge in [-0.15, -0.1) is 0 Å². The molecule has 0 amide bonds. The van der Waals surface area contributed by atoms with Crippen LogP contribution in [-0.4, -0.2) is 91.2 Å². The van der Waals surface area contributed by atoms with E-state index in [0.29, 0.717) is 56.9 Å². The van der Waals surface area contributed by atoms with Crippen LogP contribution in [0.15, 0.2) is 48.9 Å². The fourth-order valence-electron chi connectivity index (χ4n) is 6.20. The predicted octanol–water partition coefficient (Wildman–Crippen LogP) is 3.43. The van der Waals surface area contributed by atoms with Crippen molar-refractivity contribution in [3.8, 4) is 17.0 Å². The third-order valence-corrected chi connectivity index (χ3v) is 9.36. The minimum Gasteiger partial charge on any atom is -0.490 e. The Bertz CT molecular complexity index is 1760. The molecule has 3 aromatic heterocycles. The molecule has 0 spiro atoms. The second kappa shape index (κ2) is 13.6. The van der Waals surface area contributed by atoms with Crippen LogP contribution in [0.3, 0.4) is 0 Å². The Morgan fingerprint density at radius 2 is 1.85 bits per heavy atom. The molecule has 5 heterocycles. The highest BCUT2D eigenvalue weighted by Gasteiger charge is 2.34. The lowest BCUT2D eigenvalue weighted by Crippen LogP contribution is -2.57. The number of pyridine rings is 1. The number of nitrogens with two attached hydrogens (primary N) is 1. The second-order valence-corrected chi connectivity index (χ2v) is 14.4. The molecule has 2 N–H and O–H groups in total. The van der Waals surface area contributed by atoms with Gasteiger partial charge in [-0.05, 0) is 18.2 Å². The molecule has 246 valence electrons. The maximum Gasteiger partial charge on any atom is 0.149 e. The Labute approximate surface area is 266 Å². The number of halogens is 2. The Balaban J connectivity index is 1.21. The number of ether oxygens (including phenoxy) is 3. The number of piperidine rings is 1. The third-order valence-electron chi connectivity index (χ3n) is 8.45. The number of aromatic nitrogens is 4. The molecule has 1 aromatic carbocycles. The van der Waals surface area contributed by atoms with E-state index in [9.17, 15) is 8.42 Å². The number of nitrogens with zero attached hydrogens (tertiary/aromatic N) is 5. The summed E-state index contributed by atoms with van der Waals surface area (Å²) in [6.45, 7) is 4.40. The Morgan fingerprint density at radius 1 is 1.09 bits per heavy atom. The number of benzene rings is 1. The zero-order valence-electron chi connectivity index (χ0n) is 25.8. The first-order valence-corrected chi connectivity index (χ1v) is 17.4. The van der Waals surface area contributed by atoms with E-state index in [1.807, 2.05) is 13.0 Å². The molecule has 11 nitrogen and oxygen atoms in total. The van der Waals surface area contributed by atoms with Crippen molar-refractivity contribution in [3.05, 3.63) is 71.9 Å². The Hall–Kier alpha value is -3.72. The average Bonchev–Trinajstić information content (AvgIpc) is 3.40. The quantitative estimate of drug-likeness (QED) is 0.271. The van der Waals surface area contributed by atoms with Crippen molar-refractivity contribution < 1.29 is 31.4 Å². The summed E-state index contributed by atoms with van der Waals surface area (Å²) in [6, 6.07) is 7.28. The van der Waals surface area contributed by atoms with Crippen molar-refractivity contribution in [2.75, 3.05) is 49.8 Å². The number of rotatable bonds is 10. The molecule has 0 saturated carbocycles. The zero-order valence-corrected chi connectivity index (χ0v) is 26.6. The second-order valence-electron chi connectivity index (χ2n) is 12.1. The molecule has 2 saturated heterocycles. The van der Waals surface area contributed by atoms with Crippen LogP contribution in [0.1, 0.15) is 31.2 Å². The van der Waals surface area contributed by atoms with Gasteiger partial charge in [0.05, 0.1) is 54.6 Å². The van der Waals surface area contributed by atoms with E-state index in [0.717, 1.165) is 11.3 Å². The van der Waals surface area contributed by atoms with Gasteiger partial charge in [0.15, 0.2) is 0 Å². The lowest BCUT2D eigenvalue weighted by molar-refractivity contribution is 0.00179. The molecule has 2 aliphatic rings. The third kappa shape index (κ3) is 7.30. The maximum absolute atomic E-state index is 15.3. The smallest absolute Gasteiger partial charge is 0.149 e. The molecule has 0 bridgehead atoms. The minimum atomic E-state index is -3.13. The van der Waals surface area contributed by atoms with Gasteiger partial charge in [0.1, 0.15) is 39.1 Å². The van der Waals surface area contributed by atoms with Crippen LogP contribution in [0.2, 0.25) is 0 Å². The van der Waals surface area contributed by atoms with E-state index in [1.165, 1.54) is 18.4 Å². The molecule has 46 heavy (non-hydrogen) atoms. The Kier molecular flexibility index (Phi) is 9.50. The highest BCUT2D eigenvalue weighted by molar-refractivity contribution is 7.90. The van der Waals surface area contributed by atoms with Crippen LogP contribution in [0, 0.1) is 17.6 Å². The molecular formula is C32H38F2N6O5S. The van der Waals surface area contributed by atoms with Gasteiger partial charge in [-0.1, -0.05) is 6.92 Å². The highest BCUT2D eigenvalue weighted by atomic mass is 32.2. The first-order chi connectivity index (χ1) is 22.1. The van der Waals surface area contributed by atoms with E-state index in [-0.39, 0.29) is 53.5 Å². The van der Waals surface area contributed by atoms with Crippen molar-refractivity contribution >= 4 is 21.0 Å². The number of hydrogen-bond acceptors (Lipinski definition) is 10. The van der Waals surface area contributed by atoms with E-state index in [2.05, 4.69) is 20.0 Å². The molecule has 3 atom stereocenters. The van der Waals surface area contributed by atoms with E-state index in [4.69, 9.17) is 19.9 Å². The van der Waals surface area contributed by atoms with Crippen LogP contribution in [0.4, 0.5) is 14.5 Å². The predicted molar refractivity (Wildman–Crippen MR) is 169 cm³/mol. The first-order valence-electron chi connectivity index (χ1n) is 15.4. The largest absolute Gasteiger partial charge is 0.490 e. The summed E-state index contributed by atoms with van der Waals surface area (Å²) in [4.78, 5) is 11.1. The summed E-state index contributed by atoms with van der Waals surface area (Å²) >= 11 is 0. The van der Waals surface area contributed by atoms with Gasteiger partial charge in [0.2, 0.25) is 0 Å². The first kappa shape index (κ1) is 32.2. The molecule has 0 radical (unpaired) electrons. The number of imidazole rings is 1. The molecule has 2 fully saturated rings. The van der Waals surface area contributed by atoms with E-state index < -0.39 is 21.5 Å². The normalized spacial score (nSPS) is 21.2. The standard InChI is InChI=1S/C32H38F2N6O5S/c1-20-18-39(19-27(35)32(20)44-11-12-46(2,41)42)29-5-8-36-16-21(29)13-30-37-17-22-3-4-28(38-40(22)30)31-25(33)14-24(15-26(31)34)45-23-6-9-43-10-7-23/h3-5,8,14-17,20,23,27,32H,6-7,9-13,18-19,35H2,1-2H3/t20-,27+,32-/m0/s1. The molecule has 6 rings (SSSR count). The minimum absolute atomic E-state index is 0.0408. The van der Waals surface area contributed by atoms with Crippen LogP contribution in [-0.2, 0) is 25.7 Å². The van der Waals surface area contributed by atoms with Crippen LogP contribution >= 0.6 is 0 Å². The Morgan fingerprint density at radius 3 is 2.57 bits per heavy atom. The fourth-order valence-corrected chi connectivity index (χ4v) is 6.60. The lowest BCUT2D eigenvalue weighted by Gasteiger charge is -2.42. The SMILES string of the molecule is C[C@H]1CN(c2ccncc2Cc2ncc3ccc(-c4c(F)cc(OC5CCOCC5)cc4F)nn23)C[C@@H](N)[C@H]1OCCS(C)(=O)=O. The summed E-state index contributed by atoms with van der Waals surface area (Å²) < 4.78 is 72.4. The van der Waals surface area contributed by atoms with Gasteiger partial charge in [-0.3, -0.25) is 4.98 Å².